The van der Waals surface area contributed by atoms with E-state index in [9.17, 15) is 4.79 Å². The number of carbonyl (C=O) groups excluding carboxylic acids is 1. The number of rotatable bonds is 5. The summed E-state index contributed by atoms with van der Waals surface area (Å²) in [5.41, 5.74) is 6.28. The zero-order valence-corrected chi connectivity index (χ0v) is 11.1. The Balaban J connectivity index is 2.79. The van der Waals surface area contributed by atoms with Crippen molar-refractivity contribution in [1.82, 2.24) is 15.1 Å². The molecule has 0 aliphatic rings. The Hall–Kier alpha value is -1.52. The normalized spacial score (nSPS) is 11.5. The fraction of sp³-hybridized carbons (Fsp3) is 0.667. The molecule has 0 bridgehead atoms. The van der Waals surface area contributed by atoms with Crippen LogP contribution < -0.4 is 11.1 Å². The van der Waals surface area contributed by atoms with Crippen LogP contribution in [0.1, 0.15) is 51.0 Å². The molecule has 0 saturated carbocycles. The lowest BCUT2D eigenvalue weighted by Crippen LogP contribution is -2.43. The van der Waals surface area contributed by atoms with Gasteiger partial charge in [0.05, 0.1) is 5.69 Å². The van der Waals surface area contributed by atoms with Crippen molar-refractivity contribution in [2.24, 2.45) is 0 Å². The summed E-state index contributed by atoms with van der Waals surface area (Å²) < 4.78 is 1.66. The lowest BCUT2D eigenvalue weighted by molar-refractivity contribution is 0.0904. The van der Waals surface area contributed by atoms with E-state index in [1.54, 1.807) is 10.9 Å². The van der Waals surface area contributed by atoms with E-state index in [2.05, 4.69) is 17.3 Å². The van der Waals surface area contributed by atoms with Crippen LogP contribution in [0.3, 0.4) is 0 Å². The van der Waals surface area contributed by atoms with E-state index in [1.165, 1.54) is 0 Å². The highest BCUT2D eigenvalue weighted by molar-refractivity contribution is 5.97. The van der Waals surface area contributed by atoms with Crippen molar-refractivity contribution in [3.63, 3.8) is 0 Å². The van der Waals surface area contributed by atoms with E-state index < -0.39 is 0 Å². The van der Waals surface area contributed by atoms with Gasteiger partial charge in [-0.25, -0.2) is 0 Å². The molecule has 0 aliphatic heterocycles. The summed E-state index contributed by atoms with van der Waals surface area (Å²) in [5.74, 6) is -0.201. The summed E-state index contributed by atoms with van der Waals surface area (Å²) in [4.78, 5) is 12.0. The van der Waals surface area contributed by atoms with E-state index in [4.69, 9.17) is 5.73 Å². The van der Waals surface area contributed by atoms with Gasteiger partial charge in [0.1, 0.15) is 0 Å². The van der Waals surface area contributed by atoms with Crippen molar-refractivity contribution in [3.05, 3.63) is 11.9 Å². The van der Waals surface area contributed by atoms with Crippen LogP contribution in [0.15, 0.2) is 6.20 Å². The van der Waals surface area contributed by atoms with Crippen LogP contribution in [-0.2, 0) is 6.54 Å². The van der Waals surface area contributed by atoms with Gasteiger partial charge in [-0.05, 0) is 27.2 Å². The number of carbonyl (C=O) groups is 1. The van der Waals surface area contributed by atoms with E-state index in [0.29, 0.717) is 17.9 Å². The Labute approximate surface area is 102 Å². The molecule has 3 N–H and O–H groups in total. The van der Waals surface area contributed by atoms with Gasteiger partial charge in [-0.2, -0.15) is 5.10 Å². The molecule has 5 nitrogen and oxygen atoms in total. The van der Waals surface area contributed by atoms with Crippen LogP contribution in [0.2, 0.25) is 0 Å². The van der Waals surface area contributed by atoms with E-state index >= 15 is 0 Å². The van der Waals surface area contributed by atoms with Crippen molar-refractivity contribution >= 4 is 11.6 Å². The average molecular weight is 238 g/mol. The van der Waals surface area contributed by atoms with Crippen LogP contribution in [-0.4, -0.2) is 21.2 Å². The standard InChI is InChI=1S/C12H22N4O/c1-5-7-12(3,4)14-11(17)10-9(13)8-16(6-2)15-10/h8H,5-7,13H2,1-4H3,(H,14,17). The maximum absolute atomic E-state index is 12.0. The summed E-state index contributed by atoms with van der Waals surface area (Å²) in [6.07, 6.45) is 3.63. The molecular formula is C12H22N4O. The second kappa shape index (κ2) is 5.21. The second-order valence-electron chi connectivity index (χ2n) is 4.88. The Morgan fingerprint density at radius 1 is 1.53 bits per heavy atom. The number of nitrogens with zero attached hydrogens (tertiary/aromatic N) is 2. The van der Waals surface area contributed by atoms with Crippen molar-refractivity contribution in [2.75, 3.05) is 5.73 Å². The maximum atomic E-state index is 12.0. The SMILES string of the molecule is CCCC(C)(C)NC(=O)c1nn(CC)cc1N. The summed E-state index contributed by atoms with van der Waals surface area (Å²) in [6.45, 7) is 8.75. The molecule has 1 rings (SSSR count). The van der Waals surface area contributed by atoms with Gasteiger partial charge in [-0.15, -0.1) is 0 Å². The zero-order valence-electron chi connectivity index (χ0n) is 11.1. The lowest BCUT2D eigenvalue weighted by Gasteiger charge is -2.25. The van der Waals surface area contributed by atoms with Crippen LogP contribution in [0.5, 0.6) is 0 Å². The maximum Gasteiger partial charge on any atom is 0.274 e. The predicted molar refractivity (Wildman–Crippen MR) is 68.8 cm³/mol. The molecule has 0 fully saturated rings. The van der Waals surface area contributed by atoms with Gasteiger partial charge < -0.3 is 11.1 Å². The molecule has 1 amide bonds. The molecule has 0 unspecified atom stereocenters. The third-order valence-corrected chi connectivity index (χ3v) is 2.66. The quantitative estimate of drug-likeness (QED) is 0.821. The summed E-state index contributed by atoms with van der Waals surface area (Å²) in [7, 11) is 0. The highest BCUT2D eigenvalue weighted by atomic mass is 16.2. The minimum absolute atomic E-state index is 0.201. The largest absolute Gasteiger partial charge is 0.396 e. The van der Waals surface area contributed by atoms with Crippen LogP contribution in [0.25, 0.3) is 0 Å². The summed E-state index contributed by atoms with van der Waals surface area (Å²) in [6, 6.07) is 0. The van der Waals surface area contributed by atoms with E-state index in [0.717, 1.165) is 12.8 Å². The molecule has 0 radical (unpaired) electrons. The molecule has 17 heavy (non-hydrogen) atoms. The van der Waals surface area contributed by atoms with Crippen LogP contribution in [0, 0.1) is 0 Å². The molecule has 5 heteroatoms. The summed E-state index contributed by atoms with van der Waals surface area (Å²) >= 11 is 0. The number of aryl methyl sites for hydroxylation is 1. The van der Waals surface area contributed by atoms with E-state index in [-0.39, 0.29) is 11.4 Å². The minimum Gasteiger partial charge on any atom is -0.396 e. The smallest absolute Gasteiger partial charge is 0.274 e. The second-order valence-corrected chi connectivity index (χ2v) is 4.88. The number of nitrogens with one attached hydrogen (secondary N) is 1. The first kappa shape index (κ1) is 13.5. The number of aromatic nitrogens is 2. The molecule has 0 spiro atoms. The molecular weight excluding hydrogens is 216 g/mol. The van der Waals surface area contributed by atoms with Gasteiger partial charge in [-0.3, -0.25) is 9.48 Å². The van der Waals surface area contributed by atoms with Gasteiger partial charge in [0.15, 0.2) is 5.69 Å². The van der Waals surface area contributed by atoms with Crippen molar-refractivity contribution in [3.8, 4) is 0 Å². The number of anilines is 1. The summed E-state index contributed by atoms with van der Waals surface area (Å²) in [5, 5.41) is 7.11. The molecule has 0 aromatic carbocycles. The molecule has 0 aliphatic carbocycles. The number of nitrogens with two attached hydrogens (primary N) is 1. The molecule has 96 valence electrons. The highest BCUT2D eigenvalue weighted by Gasteiger charge is 2.23. The number of nitrogen functional groups attached to an aromatic ring is 1. The Morgan fingerprint density at radius 2 is 2.18 bits per heavy atom. The predicted octanol–water partition coefficient (Wildman–Crippen LogP) is 1.79. The molecule has 1 aromatic heterocycles. The Kier molecular flexibility index (Phi) is 4.15. The molecule has 0 atom stereocenters. The first-order valence-corrected chi connectivity index (χ1v) is 6.05. The fourth-order valence-corrected chi connectivity index (χ4v) is 1.83. The lowest BCUT2D eigenvalue weighted by atomic mass is 9.99. The number of hydrogen-bond donors (Lipinski definition) is 2. The van der Waals surface area contributed by atoms with Crippen LogP contribution >= 0.6 is 0 Å². The topological polar surface area (TPSA) is 72.9 Å². The van der Waals surface area contributed by atoms with Gasteiger partial charge in [0.2, 0.25) is 0 Å². The molecule has 0 saturated heterocycles. The van der Waals surface area contributed by atoms with Crippen molar-refractivity contribution in [1.29, 1.82) is 0 Å². The number of hydrogen-bond acceptors (Lipinski definition) is 3. The monoisotopic (exact) mass is 238 g/mol. The molecule has 1 heterocycles. The van der Waals surface area contributed by atoms with Gasteiger partial charge in [0.25, 0.3) is 5.91 Å². The van der Waals surface area contributed by atoms with Gasteiger partial charge in [0, 0.05) is 18.3 Å². The first-order chi connectivity index (χ1) is 7.89. The van der Waals surface area contributed by atoms with Crippen molar-refractivity contribution < 1.29 is 4.79 Å². The third kappa shape index (κ3) is 3.47. The van der Waals surface area contributed by atoms with Crippen molar-refractivity contribution in [2.45, 2.75) is 52.6 Å². The Bertz CT molecular complexity index is 395. The third-order valence-electron chi connectivity index (χ3n) is 2.66. The zero-order chi connectivity index (χ0) is 13.1. The van der Waals surface area contributed by atoms with Gasteiger partial charge in [-0.1, -0.05) is 13.3 Å². The highest BCUT2D eigenvalue weighted by Crippen LogP contribution is 2.14. The molecule has 1 aromatic rings. The van der Waals surface area contributed by atoms with E-state index in [1.807, 2.05) is 20.8 Å². The van der Waals surface area contributed by atoms with Gasteiger partial charge >= 0.3 is 0 Å². The first-order valence-electron chi connectivity index (χ1n) is 6.05. The average Bonchev–Trinajstić information content (AvgIpc) is 2.58. The minimum atomic E-state index is -0.228. The fourth-order valence-electron chi connectivity index (χ4n) is 1.83. The Morgan fingerprint density at radius 3 is 2.65 bits per heavy atom. The van der Waals surface area contributed by atoms with Crippen LogP contribution in [0.4, 0.5) is 5.69 Å². The number of amides is 1.